The largest absolute Gasteiger partial charge is 0.417 e. The van der Waals surface area contributed by atoms with E-state index in [1.807, 2.05) is 41.9 Å². The number of nitrogens with one attached hydrogen (secondary N) is 2. The molecular formula is C21H16N4O4S. The van der Waals surface area contributed by atoms with E-state index in [2.05, 4.69) is 14.7 Å². The van der Waals surface area contributed by atoms with Crippen LogP contribution in [-0.4, -0.2) is 22.8 Å². The zero-order chi connectivity index (χ0) is 20.9. The number of anilines is 1. The van der Waals surface area contributed by atoms with Gasteiger partial charge in [-0.05, 0) is 48.9 Å². The second-order valence-electron chi connectivity index (χ2n) is 6.91. The number of nitrogens with zero attached hydrogens (tertiary/aromatic N) is 2. The molecule has 0 aliphatic heterocycles. The summed E-state index contributed by atoms with van der Waals surface area (Å²) in [5.74, 6) is -0.636. The number of benzene rings is 2. The van der Waals surface area contributed by atoms with Crippen LogP contribution in [0.15, 0.2) is 81.1 Å². The molecule has 0 atom stereocenters. The third kappa shape index (κ3) is 3.15. The summed E-state index contributed by atoms with van der Waals surface area (Å²) in [5, 5.41) is 0. The van der Waals surface area contributed by atoms with Gasteiger partial charge in [-0.15, -0.1) is 0 Å². The Bertz CT molecular complexity index is 1580. The quantitative estimate of drug-likeness (QED) is 0.462. The Morgan fingerprint density at radius 2 is 1.97 bits per heavy atom. The highest BCUT2D eigenvalue weighted by molar-refractivity contribution is 7.92. The average molecular weight is 420 g/mol. The average Bonchev–Trinajstić information content (AvgIpc) is 3.30. The molecular weight excluding hydrogens is 404 g/mol. The second-order valence-corrected chi connectivity index (χ2v) is 8.59. The first-order valence-corrected chi connectivity index (χ1v) is 10.6. The fourth-order valence-corrected chi connectivity index (χ4v) is 4.42. The Morgan fingerprint density at radius 3 is 2.80 bits per heavy atom. The molecule has 0 amide bonds. The Kier molecular flexibility index (Phi) is 4.00. The van der Waals surface area contributed by atoms with Crippen LogP contribution in [0.3, 0.4) is 0 Å². The molecule has 2 N–H and O–H groups in total. The van der Waals surface area contributed by atoms with E-state index in [1.165, 1.54) is 18.2 Å². The van der Waals surface area contributed by atoms with E-state index in [0.717, 1.165) is 22.5 Å². The number of sulfonamides is 1. The topological polar surface area (TPSA) is 109 Å². The molecule has 0 bridgehead atoms. The van der Waals surface area contributed by atoms with E-state index in [9.17, 15) is 13.2 Å². The standard InChI is InChI=1S/C21H16N4O4S/c1-13-4-3-9-25-12-18(22-20(13)25)14-5-2-6-15(10-14)24-30(27,28)16-7-8-19-17(11-16)23-21(26)29-19/h2-12,24H,1H3,(H,23,26). The van der Waals surface area contributed by atoms with Crippen molar-refractivity contribution in [1.29, 1.82) is 0 Å². The number of aromatic nitrogens is 3. The van der Waals surface area contributed by atoms with Gasteiger partial charge in [-0.25, -0.2) is 18.2 Å². The number of hydrogen-bond acceptors (Lipinski definition) is 5. The van der Waals surface area contributed by atoms with Crippen molar-refractivity contribution >= 4 is 32.5 Å². The van der Waals surface area contributed by atoms with Crippen molar-refractivity contribution in [2.45, 2.75) is 11.8 Å². The normalized spacial score (nSPS) is 11.9. The molecule has 5 rings (SSSR count). The van der Waals surface area contributed by atoms with Crippen molar-refractivity contribution < 1.29 is 12.8 Å². The summed E-state index contributed by atoms with van der Waals surface area (Å²) in [7, 11) is -3.87. The van der Waals surface area contributed by atoms with Crippen LogP contribution in [0.1, 0.15) is 5.56 Å². The van der Waals surface area contributed by atoms with Crippen LogP contribution < -0.4 is 10.5 Å². The van der Waals surface area contributed by atoms with Gasteiger partial charge in [-0.1, -0.05) is 18.2 Å². The third-order valence-electron chi connectivity index (χ3n) is 4.79. The molecule has 150 valence electrons. The van der Waals surface area contributed by atoms with E-state index in [4.69, 9.17) is 4.42 Å². The van der Waals surface area contributed by atoms with Crippen LogP contribution in [0.4, 0.5) is 5.69 Å². The first-order chi connectivity index (χ1) is 14.4. The maximum absolute atomic E-state index is 12.8. The monoisotopic (exact) mass is 420 g/mol. The molecule has 0 fully saturated rings. The van der Waals surface area contributed by atoms with Crippen molar-refractivity contribution in [3.8, 4) is 11.3 Å². The van der Waals surface area contributed by atoms with Crippen molar-refractivity contribution in [2.24, 2.45) is 0 Å². The van der Waals surface area contributed by atoms with Gasteiger partial charge in [0.05, 0.1) is 16.1 Å². The van der Waals surface area contributed by atoms with Gasteiger partial charge in [-0.2, -0.15) is 0 Å². The van der Waals surface area contributed by atoms with E-state index in [-0.39, 0.29) is 4.90 Å². The van der Waals surface area contributed by atoms with Crippen LogP contribution in [0.2, 0.25) is 0 Å². The minimum atomic E-state index is -3.87. The number of rotatable bonds is 4. The van der Waals surface area contributed by atoms with Crippen LogP contribution >= 0.6 is 0 Å². The lowest BCUT2D eigenvalue weighted by atomic mass is 10.1. The molecule has 3 heterocycles. The second kappa shape index (κ2) is 6.60. The maximum Gasteiger partial charge on any atom is 0.417 e. The molecule has 30 heavy (non-hydrogen) atoms. The molecule has 0 aliphatic carbocycles. The molecule has 0 radical (unpaired) electrons. The first-order valence-electron chi connectivity index (χ1n) is 9.09. The summed E-state index contributed by atoms with van der Waals surface area (Å²) < 4.78 is 35.1. The van der Waals surface area contributed by atoms with E-state index in [0.29, 0.717) is 16.8 Å². The SMILES string of the molecule is Cc1cccn2cc(-c3cccc(NS(=O)(=O)c4ccc5oc(=O)[nH]c5c4)c3)nc12. The molecule has 5 aromatic rings. The zero-order valence-corrected chi connectivity index (χ0v) is 16.6. The van der Waals surface area contributed by atoms with Crippen LogP contribution in [0.5, 0.6) is 0 Å². The third-order valence-corrected chi connectivity index (χ3v) is 6.17. The van der Waals surface area contributed by atoms with Gasteiger partial charge in [0.25, 0.3) is 10.0 Å². The molecule has 3 aromatic heterocycles. The number of imidazole rings is 1. The number of pyridine rings is 1. The molecule has 0 unspecified atom stereocenters. The molecule has 2 aromatic carbocycles. The van der Waals surface area contributed by atoms with E-state index < -0.39 is 15.8 Å². The fourth-order valence-electron chi connectivity index (χ4n) is 3.35. The number of fused-ring (bicyclic) bond motifs is 2. The smallest absolute Gasteiger partial charge is 0.408 e. The lowest BCUT2D eigenvalue weighted by Gasteiger charge is -2.09. The Morgan fingerprint density at radius 1 is 1.10 bits per heavy atom. The Labute approximate surface area is 170 Å². The van der Waals surface area contributed by atoms with E-state index >= 15 is 0 Å². The number of aromatic amines is 1. The minimum absolute atomic E-state index is 0.0146. The summed E-state index contributed by atoms with van der Waals surface area (Å²) in [6, 6.07) is 15.2. The first kappa shape index (κ1) is 18.2. The molecule has 0 saturated heterocycles. The van der Waals surface area contributed by atoms with Crippen molar-refractivity contribution in [3.05, 3.63) is 83.1 Å². The number of oxazole rings is 1. The van der Waals surface area contributed by atoms with Crippen molar-refractivity contribution in [2.75, 3.05) is 4.72 Å². The van der Waals surface area contributed by atoms with Gasteiger partial charge in [-0.3, -0.25) is 9.71 Å². The van der Waals surface area contributed by atoms with Gasteiger partial charge in [0.2, 0.25) is 0 Å². The van der Waals surface area contributed by atoms with Crippen LogP contribution in [0.25, 0.3) is 28.0 Å². The maximum atomic E-state index is 12.8. The fraction of sp³-hybridized carbons (Fsp3) is 0.0476. The molecule has 0 spiro atoms. The predicted octanol–water partition coefficient (Wildman–Crippen LogP) is 3.55. The van der Waals surface area contributed by atoms with Gasteiger partial charge in [0, 0.05) is 23.6 Å². The Balaban J connectivity index is 1.49. The summed E-state index contributed by atoms with van der Waals surface area (Å²) in [4.78, 5) is 18.4. The summed E-state index contributed by atoms with van der Waals surface area (Å²) >= 11 is 0. The van der Waals surface area contributed by atoms with Crippen LogP contribution in [0, 0.1) is 6.92 Å². The molecule has 0 saturated carbocycles. The summed E-state index contributed by atoms with van der Waals surface area (Å²) in [5.41, 5.74) is 4.44. The Hall–Kier alpha value is -3.85. The lowest BCUT2D eigenvalue weighted by molar-refractivity contribution is 0.555. The molecule has 9 heteroatoms. The zero-order valence-electron chi connectivity index (χ0n) is 15.8. The number of aryl methyl sites for hydroxylation is 1. The van der Waals surface area contributed by atoms with Crippen LogP contribution in [-0.2, 0) is 10.0 Å². The number of hydrogen-bond donors (Lipinski definition) is 2. The minimum Gasteiger partial charge on any atom is -0.408 e. The molecule has 8 nitrogen and oxygen atoms in total. The summed E-state index contributed by atoms with van der Waals surface area (Å²) in [6.45, 7) is 1.99. The van der Waals surface area contributed by atoms with Gasteiger partial charge < -0.3 is 8.82 Å². The van der Waals surface area contributed by atoms with Crippen molar-refractivity contribution in [1.82, 2.24) is 14.4 Å². The number of H-pyrrole nitrogens is 1. The lowest BCUT2D eigenvalue weighted by Crippen LogP contribution is -2.12. The highest BCUT2D eigenvalue weighted by atomic mass is 32.2. The van der Waals surface area contributed by atoms with Crippen molar-refractivity contribution in [3.63, 3.8) is 0 Å². The van der Waals surface area contributed by atoms with E-state index in [1.54, 1.807) is 18.2 Å². The molecule has 0 aliphatic rings. The summed E-state index contributed by atoms with van der Waals surface area (Å²) in [6.07, 6.45) is 3.82. The van der Waals surface area contributed by atoms with Gasteiger partial charge >= 0.3 is 5.76 Å². The highest BCUT2D eigenvalue weighted by Crippen LogP contribution is 2.25. The van der Waals surface area contributed by atoms with Gasteiger partial charge in [0.15, 0.2) is 5.58 Å². The predicted molar refractivity (Wildman–Crippen MR) is 113 cm³/mol. The van der Waals surface area contributed by atoms with Gasteiger partial charge in [0.1, 0.15) is 5.65 Å². The highest BCUT2D eigenvalue weighted by Gasteiger charge is 2.17.